The van der Waals surface area contributed by atoms with Crippen molar-refractivity contribution in [2.75, 3.05) is 20.2 Å². The number of nitrogens with two attached hydrogens (primary N) is 1. The predicted molar refractivity (Wildman–Crippen MR) is 90.8 cm³/mol. The van der Waals surface area contributed by atoms with E-state index < -0.39 is 0 Å². The van der Waals surface area contributed by atoms with Gasteiger partial charge >= 0.3 is 0 Å². The van der Waals surface area contributed by atoms with Crippen LogP contribution in [0.3, 0.4) is 0 Å². The Bertz CT molecular complexity index is 400. The number of methoxy groups -OCH3 is 1. The second-order valence-electron chi connectivity index (χ2n) is 5.66. The first-order valence-electron chi connectivity index (χ1n) is 8.24. The molecular formula is C18H32N2O. The third-order valence-corrected chi connectivity index (χ3v) is 4.53. The van der Waals surface area contributed by atoms with Gasteiger partial charge in [0.2, 0.25) is 0 Å². The van der Waals surface area contributed by atoms with Crippen LogP contribution in [-0.4, -0.2) is 31.1 Å². The summed E-state index contributed by atoms with van der Waals surface area (Å²) in [5.74, 6) is 0.883. The molecule has 0 radical (unpaired) electrons. The summed E-state index contributed by atoms with van der Waals surface area (Å²) in [7, 11) is 1.70. The van der Waals surface area contributed by atoms with Crippen molar-refractivity contribution in [2.45, 2.75) is 58.5 Å². The smallest absolute Gasteiger partial charge is 0.118 e. The molecule has 2 N–H and O–H groups in total. The van der Waals surface area contributed by atoms with E-state index in [1.54, 1.807) is 7.11 Å². The molecule has 0 bridgehead atoms. The summed E-state index contributed by atoms with van der Waals surface area (Å²) >= 11 is 0. The van der Waals surface area contributed by atoms with E-state index in [1.807, 2.05) is 12.1 Å². The molecule has 0 aliphatic rings. The highest BCUT2D eigenvalue weighted by Crippen LogP contribution is 2.33. The summed E-state index contributed by atoms with van der Waals surface area (Å²) in [4.78, 5) is 2.49. The van der Waals surface area contributed by atoms with E-state index in [9.17, 15) is 0 Å². The van der Waals surface area contributed by atoms with Crippen LogP contribution in [0.15, 0.2) is 24.3 Å². The fraction of sp³-hybridized carbons (Fsp3) is 0.667. The molecule has 2 unspecified atom stereocenters. The molecule has 0 spiro atoms. The molecule has 2 atom stereocenters. The number of hydrogen-bond donors (Lipinski definition) is 1. The second kappa shape index (κ2) is 8.40. The van der Waals surface area contributed by atoms with E-state index in [-0.39, 0.29) is 5.54 Å². The highest BCUT2D eigenvalue weighted by molar-refractivity contribution is 5.33. The summed E-state index contributed by atoms with van der Waals surface area (Å²) in [5.41, 5.74) is 7.85. The topological polar surface area (TPSA) is 38.5 Å². The highest BCUT2D eigenvalue weighted by Gasteiger charge is 2.37. The maximum absolute atomic E-state index is 6.95. The zero-order valence-electron chi connectivity index (χ0n) is 14.4. The van der Waals surface area contributed by atoms with Gasteiger partial charge < -0.3 is 10.5 Å². The van der Waals surface area contributed by atoms with Crippen LogP contribution < -0.4 is 10.5 Å². The van der Waals surface area contributed by atoms with Crippen LogP contribution >= 0.6 is 0 Å². The molecule has 0 saturated carbocycles. The zero-order chi connectivity index (χ0) is 15.9. The third kappa shape index (κ3) is 3.98. The summed E-state index contributed by atoms with van der Waals surface area (Å²) < 4.78 is 5.27. The van der Waals surface area contributed by atoms with Crippen molar-refractivity contribution in [3.05, 3.63) is 29.8 Å². The fourth-order valence-electron chi connectivity index (χ4n) is 3.43. The minimum atomic E-state index is -0.304. The van der Waals surface area contributed by atoms with E-state index in [4.69, 9.17) is 10.5 Å². The SMILES string of the molecule is CCCC(N)(c1ccc(OC)cc1)C(CC)N(CC)CC. The molecule has 0 aromatic heterocycles. The predicted octanol–water partition coefficient (Wildman–Crippen LogP) is 3.77. The molecule has 0 aliphatic heterocycles. The van der Waals surface area contributed by atoms with Gasteiger partial charge in [-0.25, -0.2) is 0 Å². The molecule has 21 heavy (non-hydrogen) atoms. The first-order chi connectivity index (χ1) is 10.1. The number of ether oxygens (including phenoxy) is 1. The van der Waals surface area contributed by atoms with Crippen molar-refractivity contribution >= 4 is 0 Å². The maximum atomic E-state index is 6.95. The van der Waals surface area contributed by atoms with Gasteiger partial charge in [-0.1, -0.05) is 46.2 Å². The van der Waals surface area contributed by atoms with Gasteiger partial charge in [-0.15, -0.1) is 0 Å². The lowest BCUT2D eigenvalue weighted by molar-refractivity contribution is 0.117. The van der Waals surface area contributed by atoms with Crippen molar-refractivity contribution < 1.29 is 4.74 Å². The Kier molecular flexibility index (Phi) is 7.20. The minimum absolute atomic E-state index is 0.304. The fourth-order valence-corrected chi connectivity index (χ4v) is 3.43. The molecule has 3 heteroatoms. The van der Waals surface area contributed by atoms with Gasteiger partial charge in [0.1, 0.15) is 5.75 Å². The Hall–Kier alpha value is -1.06. The first kappa shape index (κ1) is 18.0. The molecule has 0 amide bonds. The van der Waals surface area contributed by atoms with Crippen LogP contribution in [0, 0.1) is 0 Å². The summed E-state index contributed by atoms with van der Waals surface area (Å²) in [6.45, 7) is 10.9. The monoisotopic (exact) mass is 292 g/mol. The third-order valence-electron chi connectivity index (χ3n) is 4.53. The van der Waals surface area contributed by atoms with Gasteiger partial charge in [-0.3, -0.25) is 4.90 Å². The van der Waals surface area contributed by atoms with Gasteiger partial charge in [0.25, 0.3) is 0 Å². The Morgan fingerprint density at radius 3 is 2.05 bits per heavy atom. The Labute approximate surface area is 130 Å². The molecule has 0 heterocycles. The second-order valence-corrected chi connectivity index (χ2v) is 5.66. The van der Waals surface area contributed by atoms with E-state index >= 15 is 0 Å². The molecule has 1 aromatic carbocycles. The molecule has 120 valence electrons. The lowest BCUT2D eigenvalue weighted by atomic mass is 9.78. The van der Waals surface area contributed by atoms with Crippen molar-refractivity contribution in [1.82, 2.24) is 4.90 Å². The molecule has 1 aromatic rings. The summed E-state index contributed by atoms with van der Waals surface area (Å²) in [5, 5.41) is 0. The molecule has 1 rings (SSSR count). The Balaban J connectivity index is 3.19. The molecule has 0 saturated heterocycles. The average Bonchev–Trinajstić information content (AvgIpc) is 2.52. The number of likely N-dealkylation sites (N-methyl/N-ethyl adjacent to an activating group) is 1. The van der Waals surface area contributed by atoms with Crippen LogP contribution in [0.1, 0.15) is 52.5 Å². The normalized spacial score (nSPS) is 15.8. The lowest BCUT2D eigenvalue weighted by Crippen LogP contribution is -2.56. The van der Waals surface area contributed by atoms with Crippen LogP contribution in [0.2, 0.25) is 0 Å². The van der Waals surface area contributed by atoms with Crippen LogP contribution in [-0.2, 0) is 5.54 Å². The average molecular weight is 292 g/mol. The number of nitrogens with zero attached hydrogens (tertiary/aromatic N) is 1. The van der Waals surface area contributed by atoms with Crippen LogP contribution in [0.25, 0.3) is 0 Å². The quantitative estimate of drug-likeness (QED) is 0.753. The van der Waals surface area contributed by atoms with Gasteiger partial charge in [-0.05, 0) is 43.6 Å². The highest BCUT2D eigenvalue weighted by atomic mass is 16.5. The summed E-state index contributed by atoms with van der Waals surface area (Å²) in [6.07, 6.45) is 3.14. The maximum Gasteiger partial charge on any atom is 0.118 e. The van der Waals surface area contributed by atoms with Crippen LogP contribution in [0.4, 0.5) is 0 Å². The number of benzene rings is 1. The molecular weight excluding hydrogens is 260 g/mol. The summed E-state index contributed by atoms with van der Waals surface area (Å²) in [6, 6.07) is 8.64. The van der Waals surface area contributed by atoms with Gasteiger partial charge in [0.05, 0.1) is 12.6 Å². The molecule has 3 nitrogen and oxygen atoms in total. The van der Waals surface area contributed by atoms with Crippen molar-refractivity contribution in [3.8, 4) is 5.75 Å². The number of hydrogen-bond acceptors (Lipinski definition) is 3. The van der Waals surface area contributed by atoms with Gasteiger partial charge in [0, 0.05) is 6.04 Å². The Morgan fingerprint density at radius 1 is 1.10 bits per heavy atom. The van der Waals surface area contributed by atoms with Crippen molar-refractivity contribution in [1.29, 1.82) is 0 Å². The van der Waals surface area contributed by atoms with E-state index in [2.05, 4.69) is 44.7 Å². The van der Waals surface area contributed by atoms with E-state index in [0.29, 0.717) is 6.04 Å². The molecule has 0 fully saturated rings. The largest absolute Gasteiger partial charge is 0.497 e. The Morgan fingerprint density at radius 2 is 1.67 bits per heavy atom. The standard InChI is InChI=1S/C18H32N2O/c1-6-14-18(19,17(7-2)20(8-3)9-4)15-10-12-16(21-5)13-11-15/h10-13,17H,6-9,14,19H2,1-5H3. The molecule has 0 aliphatic carbocycles. The van der Waals surface area contributed by atoms with Gasteiger partial charge in [0.15, 0.2) is 0 Å². The minimum Gasteiger partial charge on any atom is -0.497 e. The lowest BCUT2D eigenvalue weighted by Gasteiger charge is -2.43. The van der Waals surface area contributed by atoms with Crippen molar-refractivity contribution in [2.24, 2.45) is 5.73 Å². The van der Waals surface area contributed by atoms with E-state index in [0.717, 1.165) is 38.1 Å². The van der Waals surface area contributed by atoms with Crippen molar-refractivity contribution in [3.63, 3.8) is 0 Å². The van der Waals surface area contributed by atoms with Crippen LogP contribution in [0.5, 0.6) is 5.75 Å². The zero-order valence-corrected chi connectivity index (χ0v) is 14.4. The van der Waals surface area contributed by atoms with E-state index in [1.165, 1.54) is 5.56 Å². The first-order valence-corrected chi connectivity index (χ1v) is 8.24. The van der Waals surface area contributed by atoms with Gasteiger partial charge in [-0.2, -0.15) is 0 Å². The number of rotatable bonds is 9.